The topological polar surface area (TPSA) is 114 Å². The lowest BCUT2D eigenvalue weighted by Crippen LogP contribution is -2.55. The summed E-state index contributed by atoms with van der Waals surface area (Å²) in [6, 6.07) is 35.7. The van der Waals surface area contributed by atoms with Crippen LogP contribution >= 0.6 is 0 Å². The first-order valence-corrected chi connectivity index (χ1v) is 17.3. The van der Waals surface area contributed by atoms with Crippen molar-refractivity contribution in [3.8, 4) is 0 Å². The van der Waals surface area contributed by atoms with Crippen molar-refractivity contribution in [3.05, 3.63) is 153 Å². The van der Waals surface area contributed by atoms with Crippen LogP contribution in [0, 0.1) is 16.0 Å². The van der Waals surface area contributed by atoms with Crippen LogP contribution in [0.25, 0.3) is 0 Å². The van der Waals surface area contributed by atoms with Gasteiger partial charge in [0.2, 0.25) is 0 Å². The number of benzene rings is 4. The third-order valence-corrected chi connectivity index (χ3v) is 10.2. The minimum absolute atomic E-state index is 0.129. The number of nitrogens with one attached hydrogen (secondary N) is 1. The molecule has 0 bridgehead atoms. The molecular formula is C41H44N4O6. The maximum Gasteiger partial charge on any atom is 0.336 e. The van der Waals surface area contributed by atoms with Gasteiger partial charge >= 0.3 is 11.9 Å². The van der Waals surface area contributed by atoms with Gasteiger partial charge in [0, 0.05) is 55.6 Å². The molecule has 264 valence electrons. The lowest BCUT2D eigenvalue weighted by molar-refractivity contribution is -0.384. The highest BCUT2D eigenvalue weighted by Gasteiger charge is 2.53. The number of anilines is 1. The van der Waals surface area contributed by atoms with E-state index in [1.807, 2.05) is 19.1 Å². The molecule has 1 saturated heterocycles. The smallest absolute Gasteiger partial charge is 0.336 e. The maximum atomic E-state index is 14.0. The van der Waals surface area contributed by atoms with E-state index in [4.69, 9.17) is 9.47 Å². The van der Waals surface area contributed by atoms with Crippen LogP contribution in [0.1, 0.15) is 55.0 Å². The molecule has 0 spiro atoms. The average molecular weight is 689 g/mol. The molecule has 0 aliphatic carbocycles. The van der Waals surface area contributed by atoms with Gasteiger partial charge in [-0.2, -0.15) is 0 Å². The van der Waals surface area contributed by atoms with E-state index in [1.54, 1.807) is 26.0 Å². The van der Waals surface area contributed by atoms with Crippen LogP contribution in [0.3, 0.4) is 0 Å². The molecule has 2 heterocycles. The van der Waals surface area contributed by atoms with Crippen LogP contribution in [0.15, 0.2) is 120 Å². The van der Waals surface area contributed by atoms with Gasteiger partial charge in [0.25, 0.3) is 5.69 Å². The summed E-state index contributed by atoms with van der Waals surface area (Å²) in [5.41, 5.74) is 4.45. The van der Waals surface area contributed by atoms with Crippen molar-refractivity contribution in [2.45, 2.75) is 38.3 Å². The number of nitro groups is 1. The van der Waals surface area contributed by atoms with Crippen LogP contribution in [0.5, 0.6) is 0 Å². The number of methoxy groups -OCH3 is 1. The molecule has 0 saturated carbocycles. The molecule has 4 aromatic rings. The molecule has 2 aliphatic rings. The van der Waals surface area contributed by atoms with Gasteiger partial charge < -0.3 is 19.7 Å². The Morgan fingerprint density at radius 3 is 2.06 bits per heavy atom. The van der Waals surface area contributed by atoms with E-state index < -0.39 is 34.2 Å². The minimum atomic E-state index is -1.04. The molecule has 10 heteroatoms. The van der Waals surface area contributed by atoms with Crippen LogP contribution in [-0.2, 0) is 24.6 Å². The molecule has 6 rings (SSSR count). The minimum Gasteiger partial charge on any atom is -0.466 e. The predicted molar refractivity (Wildman–Crippen MR) is 196 cm³/mol. The van der Waals surface area contributed by atoms with Crippen molar-refractivity contribution >= 4 is 23.3 Å². The van der Waals surface area contributed by atoms with E-state index in [9.17, 15) is 19.7 Å². The largest absolute Gasteiger partial charge is 0.466 e. The van der Waals surface area contributed by atoms with Crippen LogP contribution in [0.4, 0.5) is 11.4 Å². The van der Waals surface area contributed by atoms with Crippen LogP contribution in [-0.4, -0.2) is 61.7 Å². The molecule has 2 aliphatic heterocycles. The van der Waals surface area contributed by atoms with Gasteiger partial charge in [0.05, 0.1) is 41.7 Å². The highest BCUT2D eigenvalue weighted by atomic mass is 16.6. The molecule has 3 unspecified atom stereocenters. The number of hydrogen-bond acceptors (Lipinski definition) is 9. The van der Waals surface area contributed by atoms with E-state index in [2.05, 4.69) is 87.9 Å². The molecule has 1 fully saturated rings. The second kappa shape index (κ2) is 15.2. The molecule has 51 heavy (non-hydrogen) atoms. The Morgan fingerprint density at radius 2 is 1.51 bits per heavy atom. The second-order valence-corrected chi connectivity index (χ2v) is 13.2. The third-order valence-electron chi connectivity index (χ3n) is 10.2. The first-order chi connectivity index (χ1) is 24.7. The molecule has 0 radical (unpaired) electrons. The highest BCUT2D eigenvalue weighted by Crippen LogP contribution is 2.49. The second-order valence-electron chi connectivity index (χ2n) is 13.2. The van der Waals surface area contributed by atoms with Crippen LogP contribution in [0.2, 0.25) is 0 Å². The number of non-ortho nitro benzene ring substituents is 1. The molecule has 10 nitrogen and oxygen atoms in total. The summed E-state index contributed by atoms with van der Waals surface area (Å²) >= 11 is 0. The van der Waals surface area contributed by atoms with Gasteiger partial charge in [-0.05, 0) is 55.2 Å². The molecule has 3 atom stereocenters. The van der Waals surface area contributed by atoms with E-state index in [1.165, 1.54) is 30.4 Å². The number of piperazine rings is 1. The van der Waals surface area contributed by atoms with Gasteiger partial charge in [0.1, 0.15) is 0 Å². The van der Waals surface area contributed by atoms with Gasteiger partial charge in [-0.15, -0.1) is 0 Å². The highest BCUT2D eigenvalue weighted by molar-refractivity contribution is 5.94. The van der Waals surface area contributed by atoms with E-state index >= 15 is 0 Å². The van der Waals surface area contributed by atoms with Gasteiger partial charge in [-0.3, -0.25) is 19.8 Å². The van der Waals surface area contributed by atoms with Crippen LogP contribution < -0.4 is 10.2 Å². The summed E-state index contributed by atoms with van der Waals surface area (Å²) < 4.78 is 10.8. The molecule has 0 aromatic heterocycles. The Labute approximate surface area is 298 Å². The molecular weight excluding hydrogens is 644 g/mol. The fourth-order valence-electron chi connectivity index (χ4n) is 7.85. The zero-order valence-electron chi connectivity index (χ0n) is 29.5. The number of allylic oxidation sites excluding steroid dienone is 1. The van der Waals surface area contributed by atoms with Gasteiger partial charge in [-0.1, -0.05) is 84.9 Å². The Morgan fingerprint density at radius 1 is 0.902 bits per heavy atom. The van der Waals surface area contributed by atoms with Crippen molar-refractivity contribution in [1.82, 2.24) is 10.2 Å². The number of esters is 2. The fraction of sp³-hybridized carbons (Fsp3) is 0.317. The lowest BCUT2D eigenvalue weighted by atomic mass is 9.65. The standard InChI is InChI=1S/C41H44N4O6/c1-5-51-40(47)37-36(31-17-12-18-34(27-31)45(48)49)35(39(46)50-4)28(2)42-41(37,3)32-19-21-33(22-20-32)43-23-25-44(26-24-43)38(29-13-8-6-9-14-29)30-15-10-7-11-16-30/h6-22,27,36-38,42H,5,23-26H2,1-4H3. The summed E-state index contributed by atoms with van der Waals surface area (Å²) in [4.78, 5) is 43.5. The Hall–Kier alpha value is -5.48. The number of nitro benzene ring substituents is 1. The summed E-state index contributed by atoms with van der Waals surface area (Å²) in [6.45, 7) is 8.98. The van der Waals surface area contributed by atoms with E-state index in [0.717, 1.165) is 37.4 Å². The first kappa shape index (κ1) is 35.3. The summed E-state index contributed by atoms with van der Waals surface area (Å²) in [5, 5.41) is 15.2. The Balaban J connectivity index is 1.30. The van der Waals surface area contributed by atoms with Gasteiger partial charge in [0.15, 0.2) is 0 Å². The monoisotopic (exact) mass is 688 g/mol. The normalized spacial score (nSPS) is 20.8. The maximum absolute atomic E-state index is 14.0. The Kier molecular flexibility index (Phi) is 10.5. The van der Waals surface area contributed by atoms with Crippen molar-refractivity contribution in [3.63, 3.8) is 0 Å². The number of carbonyl (C=O) groups is 2. The molecule has 4 aromatic carbocycles. The van der Waals surface area contributed by atoms with Crippen molar-refractivity contribution in [2.75, 3.05) is 44.8 Å². The van der Waals surface area contributed by atoms with Gasteiger partial charge in [-0.25, -0.2) is 4.79 Å². The quantitative estimate of drug-likeness (QED) is 0.110. The number of hydrogen-bond donors (Lipinski definition) is 1. The number of ether oxygens (including phenoxy) is 2. The predicted octanol–water partition coefficient (Wildman–Crippen LogP) is 6.73. The Bertz CT molecular complexity index is 1850. The zero-order chi connectivity index (χ0) is 36.1. The third kappa shape index (κ3) is 7.09. The van der Waals surface area contributed by atoms with Crippen molar-refractivity contribution in [1.29, 1.82) is 0 Å². The lowest BCUT2D eigenvalue weighted by Gasteiger charge is -2.47. The number of rotatable bonds is 10. The van der Waals surface area contributed by atoms with E-state index in [-0.39, 0.29) is 23.9 Å². The summed E-state index contributed by atoms with van der Waals surface area (Å²) in [6.07, 6.45) is 0. The molecule has 0 amide bonds. The number of carbonyl (C=O) groups excluding carboxylic acids is 2. The summed E-state index contributed by atoms with van der Waals surface area (Å²) in [7, 11) is 1.28. The first-order valence-electron chi connectivity index (χ1n) is 17.3. The van der Waals surface area contributed by atoms with E-state index in [0.29, 0.717) is 11.3 Å². The zero-order valence-corrected chi connectivity index (χ0v) is 29.5. The van der Waals surface area contributed by atoms with Crippen molar-refractivity contribution < 1.29 is 24.0 Å². The fourth-order valence-corrected chi connectivity index (χ4v) is 7.85. The van der Waals surface area contributed by atoms with Crippen molar-refractivity contribution in [2.24, 2.45) is 5.92 Å². The molecule has 1 N–H and O–H groups in total. The number of nitrogens with zero attached hydrogens (tertiary/aromatic N) is 3. The SMILES string of the molecule is CCOC(=O)C1C(c2cccc([N+](=O)[O-])c2)C(C(=O)OC)=C(C)NC1(C)c1ccc(N2CCN(C(c3ccccc3)c3ccccc3)CC2)cc1. The average Bonchev–Trinajstić information content (AvgIpc) is 3.15. The summed E-state index contributed by atoms with van der Waals surface area (Å²) in [5.74, 6) is -2.98.